The fraction of sp³-hybridized carbons (Fsp3) is 0.812. The molecule has 2 N–H and O–H groups in total. The van der Waals surface area contributed by atoms with Crippen LogP contribution < -0.4 is 10.6 Å². The van der Waals surface area contributed by atoms with Crippen molar-refractivity contribution in [2.75, 3.05) is 26.7 Å². The number of nitrogens with one attached hydrogen (secondary N) is 2. The molecule has 1 aliphatic heterocycles. The molecule has 0 spiro atoms. The van der Waals surface area contributed by atoms with Crippen LogP contribution >= 0.6 is 0 Å². The Hall–Kier alpha value is -1.03. The summed E-state index contributed by atoms with van der Waals surface area (Å²) in [6.07, 6.45) is 12.2. The minimum absolute atomic E-state index is 0.559. The molecule has 20 heavy (non-hydrogen) atoms. The van der Waals surface area contributed by atoms with E-state index in [0.29, 0.717) is 6.04 Å². The van der Waals surface area contributed by atoms with Gasteiger partial charge in [-0.2, -0.15) is 0 Å². The second-order valence-electron chi connectivity index (χ2n) is 5.92. The number of likely N-dealkylation sites (tertiary alicyclic amines) is 1. The van der Waals surface area contributed by atoms with Gasteiger partial charge in [-0.15, -0.1) is 0 Å². The molecule has 2 fully saturated rings. The van der Waals surface area contributed by atoms with Gasteiger partial charge in [0.2, 0.25) is 0 Å². The third-order valence-corrected chi connectivity index (χ3v) is 4.46. The van der Waals surface area contributed by atoms with Crippen molar-refractivity contribution in [1.29, 1.82) is 0 Å². The van der Waals surface area contributed by atoms with Crippen LogP contribution in [0.1, 0.15) is 45.4 Å². The zero-order valence-corrected chi connectivity index (χ0v) is 13.1. The van der Waals surface area contributed by atoms with Gasteiger partial charge in [-0.1, -0.05) is 25.0 Å². The van der Waals surface area contributed by atoms with Gasteiger partial charge in [0.15, 0.2) is 5.96 Å². The first-order valence-electron chi connectivity index (χ1n) is 8.16. The highest BCUT2D eigenvalue weighted by atomic mass is 15.3. The Labute approximate surface area is 123 Å². The van der Waals surface area contributed by atoms with E-state index in [4.69, 9.17) is 0 Å². The molecule has 1 atom stereocenters. The summed E-state index contributed by atoms with van der Waals surface area (Å²) in [7, 11) is 1.86. The lowest BCUT2D eigenvalue weighted by Crippen LogP contribution is -2.45. The van der Waals surface area contributed by atoms with E-state index < -0.39 is 0 Å². The average Bonchev–Trinajstić information content (AvgIpc) is 3.12. The summed E-state index contributed by atoms with van der Waals surface area (Å²) in [6, 6.07) is 1.41. The standard InChI is InChI=1S/C16H30N4/c1-3-4-7-11-18-16(17-2)19-14-10-12-20(13-14)15-8-5-6-9-15/h3-4,14-15H,5-13H2,1-2H3,(H2,17,18,19). The summed E-state index contributed by atoms with van der Waals surface area (Å²) in [5.74, 6) is 0.952. The van der Waals surface area contributed by atoms with Crippen LogP contribution in [0.4, 0.5) is 0 Å². The minimum Gasteiger partial charge on any atom is -0.356 e. The minimum atomic E-state index is 0.559. The Balaban J connectivity index is 1.69. The Bertz CT molecular complexity index is 331. The van der Waals surface area contributed by atoms with Crippen molar-refractivity contribution in [1.82, 2.24) is 15.5 Å². The third-order valence-electron chi connectivity index (χ3n) is 4.46. The molecule has 1 aliphatic carbocycles. The first kappa shape index (κ1) is 15.4. The largest absolute Gasteiger partial charge is 0.356 e. The molecule has 0 aromatic heterocycles. The van der Waals surface area contributed by atoms with E-state index in [-0.39, 0.29) is 0 Å². The molecule has 2 rings (SSSR count). The van der Waals surface area contributed by atoms with Gasteiger partial charge in [0, 0.05) is 38.8 Å². The van der Waals surface area contributed by atoms with Gasteiger partial charge in [-0.05, 0) is 32.6 Å². The van der Waals surface area contributed by atoms with Gasteiger partial charge in [-0.3, -0.25) is 9.89 Å². The highest BCUT2D eigenvalue weighted by Gasteiger charge is 2.30. The van der Waals surface area contributed by atoms with Crippen molar-refractivity contribution < 1.29 is 0 Å². The quantitative estimate of drug-likeness (QED) is 0.350. The molecule has 1 saturated carbocycles. The fourth-order valence-corrected chi connectivity index (χ4v) is 3.33. The monoisotopic (exact) mass is 278 g/mol. The molecule has 0 radical (unpaired) electrons. The molecular weight excluding hydrogens is 248 g/mol. The summed E-state index contributed by atoms with van der Waals surface area (Å²) in [4.78, 5) is 7.00. The van der Waals surface area contributed by atoms with Crippen LogP contribution in [0.2, 0.25) is 0 Å². The highest BCUT2D eigenvalue weighted by Crippen LogP contribution is 2.26. The Kier molecular flexibility index (Phi) is 6.37. The number of guanidine groups is 1. The Morgan fingerprint density at radius 1 is 1.30 bits per heavy atom. The summed E-state index contributed by atoms with van der Waals surface area (Å²) >= 11 is 0. The first-order chi connectivity index (χ1) is 9.83. The fourth-order valence-electron chi connectivity index (χ4n) is 3.33. The number of nitrogens with zero attached hydrogens (tertiary/aromatic N) is 2. The van der Waals surface area contributed by atoms with Crippen LogP contribution in [0.25, 0.3) is 0 Å². The maximum absolute atomic E-state index is 4.32. The molecule has 1 heterocycles. The molecule has 4 nitrogen and oxygen atoms in total. The normalized spacial score (nSPS) is 25.7. The van der Waals surface area contributed by atoms with Crippen molar-refractivity contribution in [3.05, 3.63) is 12.2 Å². The van der Waals surface area contributed by atoms with E-state index in [1.54, 1.807) is 0 Å². The maximum Gasteiger partial charge on any atom is 0.191 e. The van der Waals surface area contributed by atoms with E-state index in [2.05, 4.69) is 39.6 Å². The Morgan fingerprint density at radius 2 is 2.10 bits per heavy atom. The molecule has 4 heteroatoms. The third kappa shape index (κ3) is 4.51. The average molecular weight is 278 g/mol. The molecule has 0 bridgehead atoms. The van der Waals surface area contributed by atoms with Gasteiger partial charge in [-0.25, -0.2) is 0 Å². The zero-order chi connectivity index (χ0) is 14.2. The number of hydrogen-bond donors (Lipinski definition) is 2. The SMILES string of the molecule is CC=CCCNC(=NC)NC1CCN(C2CCCC2)C1. The van der Waals surface area contributed by atoms with E-state index in [1.807, 2.05) is 7.05 Å². The van der Waals surface area contributed by atoms with Crippen LogP contribution in [0.3, 0.4) is 0 Å². The van der Waals surface area contributed by atoms with E-state index in [1.165, 1.54) is 45.2 Å². The maximum atomic E-state index is 4.32. The van der Waals surface area contributed by atoms with Gasteiger partial charge in [0.1, 0.15) is 0 Å². The molecular formula is C16H30N4. The molecule has 2 aliphatic rings. The zero-order valence-electron chi connectivity index (χ0n) is 13.1. The second-order valence-corrected chi connectivity index (χ2v) is 5.92. The predicted octanol–water partition coefficient (Wildman–Crippen LogP) is 2.13. The lowest BCUT2D eigenvalue weighted by molar-refractivity contribution is 0.242. The van der Waals surface area contributed by atoms with Crippen LogP contribution in [0.15, 0.2) is 17.1 Å². The molecule has 1 unspecified atom stereocenters. The van der Waals surface area contributed by atoms with Crippen LogP contribution in [0, 0.1) is 0 Å². The van der Waals surface area contributed by atoms with Crippen molar-refractivity contribution >= 4 is 5.96 Å². The van der Waals surface area contributed by atoms with Gasteiger partial charge in [0.05, 0.1) is 0 Å². The summed E-state index contributed by atoms with van der Waals surface area (Å²) in [6.45, 7) is 5.43. The number of aliphatic imine (C=N–C) groups is 1. The van der Waals surface area contributed by atoms with Crippen LogP contribution in [-0.2, 0) is 0 Å². The van der Waals surface area contributed by atoms with Crippen molar-refractivity contribution in [2.24, 2.45) is 4.99 Å². The molecule has 1 saturated heterocycles. The lowest BCUT2D eigenvalue weighted by Gasteiger charge is -2.24. The molecule has 0 aromatic carbocycles. The van der Waals surface area contributed by atoms with Crippen molar-refractivity contribution in [2.45, 2.75) is 57.5 Å². The summed E-state index contributed by atoms with van der Waals surface area (Å²) in [5.41, 5.74) is 0. The van der Waals surface area contributed by atoms with Gasteiger partial charge in [0.25, 0.3) is 0 Å². The van der Waals surface area contributed by atoms with Gasteiger partial charge < -0.3 is 10.6 Å². The lowest BCUT2D eigenvalue weighted by atomic mass is 10.2. The first-order valence-corrected chi connectivity index (χ1v) is 8.16. The van der Waals surface area contributed by atoms with E-state index in [0.717, 1.165) is 25.0 Å². The number of allylic oxidation sites excluding steroid dienone is 1. The van der Waals surface area contributed by atoms with Gasteiger partial charge >= 0.3 is 0 Å². The van der Waals surface area contributed by atoms with E-state index >= 15 is 0 Å². The predicted molar refractivity (Wildman–Crippen MR) is 86.2 cm³/mol. The number of rotatable bonds is 5. The summed E-state index contributed by atoms with van der Waals surface area (Å²) in [5, 5.41) is 6.95. The van der Waals surface area contributed by atoms with Crippen LogP contribution in [0.5, 0.6) is 0 Å². The molecule has 0 amide bonds. The highest BCUT2D eigenvalue weighted by molar-refractivity contribution is 5.80. The molecule has 114 valence electrons. The number of hydrogen-bond acceptors (Lipinski definition) is 2. The van der Waals surface area contributed by atoms with Crippen molar-refractivity contribution in [3.63, 3.8) is 0 Å². The second kappa shape index (κ2) is 8.30. The van der Waals surface area contributed by atoms with Crippen molar-refractivity contribution in [3.8, 4) is 0 Å². The molecule has 0 aromatic rings. The van der Waals surface area contributed by atoms with E-state index in [9.17, 15) is 0 Å². The van der Waals surface area contributed by atoms with Crippen LogP contribution in [-0.4, -0.2) is 49.6 Å². The topological polar surface area (TPSA) is 39.7 Å². The summed E-state index contributed by atoms with van der Waals surface area (Å²) < 4.78 is 0. The smallest absolute Gasteiger partial charge is 0.191 e. The Morgan fingerprint density at radius 3 is 2.80 bits per heavy atom.